The number of likely N-dealkylation sites (tertiary alicyclic amines) is 1. The largest absolute Gasteiger partial charge is 0.481 e. The van der Waals surface area contributed by atoms with E-state index in [-0.39, 0.29) is 24.5 Å². The lowest BCUT2D eigenvalue weighted by Crippen LogP contribution is -2.53. The molecule has 2 unspecified atom stereocenters. The summed E-state index contributed by atoms with van der Waals surface area (Å²) in [5, 5.41) is 12.0. The molecule has 0 bridgehead atoms. The number of nitrogens with one attached hydrogen (secondary N) is 1. The van der Waals surface area contributed by atoms with Gasteiger partial charge in [-0.05, 0) is 12.3 Å². The fourth-order valence-electron chi connectivity index (χ4n) is 2.37. The van der Waals surface area contributed by atoms with Crippen LogP contribution in [-0.4, -0.2) is 68.6 Å². The molecule has 0 aromatic heterocycles. The Balaban J connectivity index is 2.56. The Morgan fingerprint density at radius 1 is 1.35 bits per heavy atom. The van der Waals surface area contributed by atoms with Crippen LogP contribution in [0.4, 0.5) is 4.79 Å². The second kappa shape index (κ2) is 8.06. The van der Waals surface area contributed by atoms with Crippen molar-refractivity contribution in [3.63, 3.8) is 0 Å². The third kappa shape index (κ3) is 4.64. The van der Waals surface area contributed by atoms with E-state index in [0.29, 0.717) is 26.2 Å². The van der Waals surface area contributed by atoms with Crippen molar-refractivity contribution >= 4 is 12.0 Å². The number of ether oxygens (including phenoxy) is 2. The van der Waals surface area contributed by atoms with Crippen molar-refractivity contribution in [3.8, 4) is 0 Å². The van der Waals surface area contributed by atoms with Gasteiger partial charge in [0.1, 0.15) is 0 Å². The minimum absolute atomic E-state index is 0.0882. The Bertz CT molecular complexity index is 331. The highest BCUT2D eigenvalue weighted by atomic mass is 16.5. The standard InChI is InChI=1S/C13H24N2O5/c1-9-4-5-15(6-11(9)12(16)17)13(18)14-10(7-19-2)8-20-3/h9-11H,4-8H2,1-3H3,(H,14,18)(H,16,17). The molecule has 7 heteroatoms. The first-order chi connectivity index (χ1) is 9.49. The number of carbonyl (C=O) groups is 2. The van der Waals surface area contributed by atoms with Crippen LogP contribution in [0.2, 0.25) is 0 Å². The van der Waals surface area contributed by atoms with E-state index < -0.39 is 11.9 Å². The molecule has 0 spiro atoms. The number of carbonyl (C=O) groups excluding carboxylic acids is 1. The van der Waals surface area contributed by atoms with E-state index >= 15 is 0 Å². The summed E-state index contributed by atoms with van der Waals surface area (Å²) in [6.45, 7) is 3.43. The second-order valence-electron chi connectivity index (χ2n) is 5.21. The number of piperidine rings is 1. The lowest BCUT2D eigenvalue weighted by atomic mass is 9.87. The number of hydrogen-bond acceptors (Lipinski definition) is 4. The SMILES string of the molecule is COCC(COC)NC(=O)N1CCC(C)C(C(=O)O)C1. The average Bonchev–Trinajstić information content (AvgIpc) is 2.39. The highest BCUT2D eigenvalue weighted by Crippen LogP contribution is 2.23. The maximum Gasteiger partial charge on any atom is 0.317 e. The average molecular weight is 288 g/mol. The molecule has 116 valence electrons. The Labute approximate surface area is 119 Å². The van der Waals surface area contributed by atoms with Crippen LogP contribution in [0.15, 0.2) is 0 Å². The van der Waals surface area contributed by atoms with Crippen LogP contribution in [0.3, 0.4) is 0 Å². The van der Waals surface area contributed by atoms with Gasteiger partial charge < -0.3 is 24.8 Å². The van der Waals surface area contributed by atoms with Gasteiger partial charge in [-0.25, -0.2) is 4.79 Å². The monoisotopic (exact) mass is 288 g/mol. The molecule has 1 fully saturated rings. The van der Waals surface area contributed by atoms with Crippen molar-refractivity contribution in [2.75, 3.05) is 40.5 Å². The summed E-state index contributed by atoms with van der Waals surface area (Å²) < 4.78 is 10.0. The predicted molar refractivity (Wildman–Crippen MR) is 72.6 cm³/mol. The van der Waals surface area contributed by atoms with Gasteiger partial charge in [-0.2, -0.15) is 0 Å². The topological polar surface area (TPSA) is 88.1 Å². The molecule has 0 radical (unpaired) electrons. The zero-order valence-corrected chi connectivity index (χ0v) is 12.3. The van der Waals surface area contributed by atoms with Gasteiger partial charge in [0, 0.05) is 27.3 Å². The van der Waals surface area contributed by atoms with Crippen LogP contribution in [0.5, 0.6) is 0 Å². The van der Waals surface area contributed by atoms with Gasteiger partial charge in [0.15, 0.2) is 0 Å². The maximum absolute atomic E-state index is 12.1. The summed E-state index contributed by atoms with van der Waals surface area (Å²) in [6.07, 6.45) is 0.698. The Morgan fingerprint density at radius 3 is 2.45 bits per heavy atom. The first-order valence-corrected chi connectivity index (χ1v) is 6.75. The number of nitrogens with zero attached hydrogens (tertiary/aromatic N) is 1. The number of hydrogen-bond donors (Lipinski definition) is 2. The highest BCUT2D eigenvalue weighted by molar-refractivity contribution is 5.77. The van der Waals surface area contributed by atoms with Gasteiger partial charge in [-0.3, -0.25) is 4.79 Å². The molecule has 7 nitrogen and oxygen atoms in total. The molecule has 20 heavy (non-hydrogen) atoms. The van der Waals surface area contributed by atoms with Gasteiger partial charge in [0.2, 0.25) is 0 Å². The van der Waals surface area contributed by atoms with Crippen molar-refractivity contribution in [1.29, 1.82) is 0 Å². The van der Waals surface area contributed by atoms with Gasteiger partial charge in [-0.1, -0.05) is 6.92 Å². The number of amides is 2. The van der Waals surface area contributed by atoms with E-state index in [1.54, 1.807) is 19.1 Å². The lowest BCUT2D eigenvalue weighted by Gasteiger charge is -2.35. The number of carboxylic acid groups (broad SMARTS) is 1. The number of methoxy groups -OCH3 is 2. The predicted octanol–water partition coefficient (Wildman–Crippen LogP) is 0.400. The first-order valence-electron chi connectivity index (χ1n) is 6.75. The van der Waals surface area contributed by atoms with Gasteiger partial charge in [0.05, 0.1) is 25.2 Å². The molecule has 0 saturated carbocycles. The van der Waals surface area contributed by atoms with Gasteiger partial charge >= 0.3 is 12.0 Å². The first kappa shape index (κ1) is 16.7. The minimum atomic E-state index is -0.847. The lowest BCUT2D eigenvalue weighted by molar-refractivity contribution is -0.145. The van der Waals surface area contributed by atoms with E-state index in [4.69, 9.17) is 14.6 Å². The van der Waals surface area contributed by atoms with Crippen LogP contribution < -0.4 is 5.32 Å². The summed E-state index contributed by atoms with van der Waals surface area (Å²) in [4.78, 5) is 24.9. The normalized spacial score (nSPS) is 22.9. The van der Waals surface area contributed by atoms with Crippen LogP contribution in [-0.2, 0) is 14.3 Å². The Kier molecular flexibility index (Phi) is 6.74. The Hall–Kier alpha value is -1.34. The molecule has 2 amide bonds. The summed E-state index contributed by atoms with van der Waals surface area (Å²) in [5.41, 5.74) is 0. The van der Waals surface area contributed by atoms with E-state index in [1.807, 2.05) is 6.92 Å². The molecule has 1 saturated heterocycles. The van der Waals surface area contributed by atoms with Crippen molar-refractivity contribution in [3.05, 3.63) is 0 Å². The molecule has 1 heterocycles. The fourth-order valence-corrected chi connectivity index (χ4v) is 2.37. The van der Waals surface area contributed by atoms with Crippen LogP contribution in [0, 0.1) is 11.8 Å². The molecule has 0 aromatic carbocycles. The molecule has 1 aliphatic rings. The summed E-state index contributed by atoms with van der Waals surface area (Å²) in [5.74, 6) is -1.26. The third-order valence-electron chi connectivity index (χ3n) is 3.63. The number of carboxylic acids is 1. The summed E-state index contributed by atoms with van der Waals surface area (Å²) >= 11 is 0. The van der Waals surface area contributed by atoms with E-state index in [0.717, 1.165) is 0 Å². The maximum atomic E-state index is 12.1. The molecular weight excluding hydrogens is 264 g/mol. The quantitative estimate of drug-likeness (QED) is 0.738. The van der Waals surface area contributed by atoms with Crippen molar-refractivity contribution in [2.45, 2.75) is 19.4 Å². The molecule has 1 aliphatic heterocycles. The minimum Gasteiger partial charge on any atom is -0.481 e. The molecule has 1 rings (SSSR count). The van der Waals surface area contributed by atoms with Crippen molar-refractivity contribution in [1.82, 2.24) is 10.2 Å². The molecule has 2 N–H and O–H groups in total. The molecule has 0 aliphatic carbocycles. The highest BCUT2D eigenvalue weighted by Gasteiger charge is 2.33. The van der Waals surface area contributed by atoms with E-state index in [2.05, 4.69) is 5.32 Å². The van der Waals surface area contributed by atoms with Crippen LogP contribution in [0.1, 0.15) is 13.3 Å². The molecular formula is C13H24N2O5. The smallest absolute Gasteiger partial charge is 0.317 e. The van der Waals surface area contributed by atoms with Gasteiger partial charge in [-0.15, -0.1) is 0 Å². The van der Waals surface area contributed by atoms with E-state index in [9.17, 15) is 9.59 Å². The van der Waals surface area contributed by atoms with Crippen molar-refractivity contribution < 1.29 is 24.2 Å². The van der Waals surface area contributed by atoms with Crippen molar-refractivity contribution in [2.24, 2.45) is 11.8 Å². The summed E-state index contributed by atoms with van der Waals surface area (Å²) in [7, 11) is 3.11. The number of aliphatic carboxylic acids is 1. The summed E-state index contributed by atoms with van der Waals surface area (Å²) in [6, 6.07) is -0.498. The number of urea groups is 1. The zero-order valence-electron chi connectivity index (χ0n) is 12.3. The molecule has 0 aromatic rings. The van der Waals surface area contributed by atoms with E-state index in [1.165, 1.54) is 0 Å². The van der Waals surface area contributed by atoms with Crippen LogP contribution >= 0.6 is 0 Å². The number of rotatable bonds is 6. The van der Waals surface area contributed by atoms with Gasteiger partial charge in [0.25, 0.3) is 0 Å². The third-order valence-corrected chi connectivity index (χ3v) is 3.63. The fraction of sp³-hybridized carbons (Fsp3) is 0.846. The second-order valence-corrected chi connectivity index (χ2v) is 5.21. The zero-order chi connectivity index (χ0) is 15.1. The molecule has 2 atom stereocenters. The van der Waals surface area contributed by atoms with Crippen LogP contribution in [0.25, 0.3) is 0 Å². The Morgan fingerprint density at radius 2 is 1.95 bits per heavy atom.